The van der Waals surface area contributed by atoms with Crippen LogP contribution in [0.2, 0.25) is 0 Å². The molecule has 2 aromatic rings. The highest BCUT2D eigenvalue weighted by Gasteiger charge is 2.15. The van der Waals surface area contributed by atoms with Crippen LogP contribution >= 0.6 is 0 Å². The van der Waals surface area contributed by atoms with Crippen LogP contribution in [0.3, 0.4) is 0 Å². The summed E-state index contributed by atoms with van der Waals surface area (Å²) in [6.07, 6.45) is 0. The fourth-order valence-electron chi connectivity index (χ4n) is 1.99. The van der Waals surface area contributed by atoms with Gasteiger partial charge in [0.25, 0.3) is 5.56 Å². The van der Waals surface area contributed by atoms with Crippen molar-refractivity contribution in [1.82, 2.24) is 9.78 Å². The Kier molecular flexibility index (Phi) is 3.76. The number of aromatic nitrogens is 2. The molecule has 2 N–H and O–H groups in total. The Hall–Kier alpha value is -2.01. The molecule has 0 fully saturated rings. The zero-order valence-corrected chi connectivity index (χ0v) is 10.9. The van der Waals surface area contributed by atoms with E-state index in [0.29, 0.717) is 17.7 Å². The van der Waals surface area contributed by atoms with Gasteiger partial charge in [0.2, 0.25) is 0 Å². The molecule has 19 heavy (non-hydrogen) atoms. The molecule has 100 valence electrons. The monoisotopic (exact) mass is 261 g/mol. The van der Waals surface area contributed by atoms with E-state index in [-0.39, 0.29) is 11.4 Å². The van der Waals surface area contributed by atoms with Gasteiger partial charge in [0, 0.05) is 12.1 Å². The number of rotatable bonds is 3. The minimum Gasteiger partial charge on any atom is -0.320 e. The number of benzene rings is 1. The topological polar surface area (TPSA) is 60.9 Å². The third-order valence-corrected chi connectivity index (χ3v) is 2.99. The third-order valence-electron chi connectivity index (χ3n) is 2.99. The average Bonchev–Trinajstić information content (AvgIpc) is 2.41. The first-order valence-electron chi connectivity index (χ1n) is 6.12. The van der Waals surface area contributed by atoms with Crippen molar-refractivity contribution in [2.75, 3.05) is 0 Å². The zero-order chi connectivity index (χ0) is 14.0. The number of nitrogens with zero attached hydrogens (tertiary/aromatic N) is 2. The molecule has 0 radical (unpaired) electrons. The second kappa shape index (κ2) is 5.32. The third kappa shape index (κ3) is 2.71. The lowest BCUT2D eigenvalue weighted by Crippen LogP contribution is -2.30. The molecule has 0 aliphatic heterocycles. The van der Waals surface area contributed by atoms with Crippen molar-refractivity contribution in [1.29, 1.82) is 0 Å². The number of hydrogen-bond acceptors (Lipinski definition) is 3. The summed E-state index contributed by atoms with van der Waals surface area (Å²) < 4.78 is 14.3. The maximum atomic E-state index is 12.9. The van der Waals surface area contributed by atoms with Gasteiger partial charge < -0.3 is 5.73 Å². The highest BCUT2D eigenvalue weighted by atomic mass is 19.1. The van der Waals surface area contributed by atoms with E-state index >= 15 is 0 Å². The molecule has 0 aliphatic rings. The van der Waals surface area contributed by atoms with E-state index in [1.165, 1.54) is 16.8 Å². The molecule has 0 saturated carbocycles. The van der Waals surface area contributed by atoms with Crippen LogP contribution in [0, 0.1) is 12.7 Å². The van der Waals surface area contributed by atoms with Crippen LogP contribution in [0.5, 0.6) is 0 Å². The molecule has 1 aromatic heterocycles. The molecule has 1 atom stereocenters. The highest BCUT2D eigenvalue weighted by Crippen LogP contribution is 2.17. The molecule has 0 spiro atoms. The lowest BCUT2D eigenvalue weighted by atomic mass is 10.0. The molecule has 1 unspecified atom stereocenters. The van der Waals surface area contributed by atoms with Gasteiger partial charge in [0.15, 0.2) is 0 Å². The SMILES string of the molecule is CCn1nc(C)cc(C(N)c2ccc(F)cc2)c1=O. The van der Waals surface area contributed by atoms with Crippen molar-refractivity contribution < 1.29 is 4.39 Å². The van der Waals surface area contributed by atoms with Gasteiger partial charge >= 0.3 is 0 Å². The Bertz CT molecular complexity index is 634. The van der Waals surface area contributed by atoms with Gasteiger partial charge in [-0.25, -0.2) is 9.07 Å². The second-order valence-corrected chi connectivity index (χ2v) is 4.39. The summed E-state index contributed by atoms with van der Waals surface area (Å²) in [5.74, 6) is -0.326. The molecule has 1 heterocycles. The van der Waals surface area contributed by atoms with Gasteiger partial charge in [-0.3, -0.25) is 4.79 Å². The van der Waals surface area contributed by atoms with Crippen LogP contribution in [0.25, 0.3) is 0 Å². The summed E-state index contributed by atoms with van der Waals surface area (Å²) in [6.45, 7) is 4.15. The fraction of sp³-hybridized carbons (Fsp3) is 0.286. The van der Waals surface area contributed by atoms with Crippen LogP contribution < -0.4 is 11.3 Å². The van der Waals surface area contributed by atoms with Crippen molar-refractivity contribution in [3.63, 3.8) is 0 Å². The number of halogens is 1. The molecular formula is C14H16FN3O. The predicted octanol–water partition coefficient (Wildman–Crippen LogP) is 1.76. The van der Waals surface area contributed by atoms with E-state index in [2.05, 4.69) is 5.10 Å². The fourth-order valence-corrected chi connectivity index (χ4v) is 1.99. The number of aryl methyl sites for hydroxylation is 2. The van der Waals surface area contributed by atoms with Gasteiger partial charge in [-0.2, -0.15) is 5.10 Å². The Morgan fingerprint density at radius 3 is 2.58 bits per heavy atom. The van der Waals surface area contributed by atoms with Crippen LogP contribution in [-0.2, 0) is 6.54 Å². The molecule has 1 aromatic carbocycles. The second-order valence-electron chi connectivity index (χ2n) is 4.39. The summed E-state index contributed by atoms with van der Waals surface area (Å²) in [5, 5.41) is 4.13. The Morgan fingerprint density at radius 2 is 2.00 bits per heavy atom. The average molecular weight is 261 g/mol. The first-order valence-corrected chi connectivity index (χ1v) is 6.12. The highest BCUT2D eigenvalue weighted by molar-refractivity contribution is 5.30. The van der Waals surface area contributed by atoms with Gasteiger partial charge in [-0.15, -0.1) is 0 Å². The standard InChI is InChI=1S/C14H16FN3O/c1-3-18-14(19)12(8-9(2)17-18)13(16)10-4-6-11(15)7-5-10/h4-8,13H,3,16H2,1-2H3. The smallest absolute Gasteiger partial charge is 0.271 e. The minimum absolute atomic E-state index is 0.204. The van der Waals surface area contributed by atoms with Crippen molar-refractivity contribution in [2.45, 2.75) is 26.4 Å². The van der Waals surface area contributed by atoms with E-state index in [1.807, 2.05) is 13.8 Å². The number of nitrogens with two attached hydrogens (primary N) is 1. The van der Waals surface area contributed by atoms with Crippen LogP contribution in [0.1, 0.15) is 29.8 Å². The van der Waals surface area contributed by atoms with Crippen LogP contribution in [0.4, 0.5) is 4.39 Å². The molecule has 2 rings (SSSR count). The van der Waals surface area contributed by atoms with Crippen LogP contribution in [-0.4, -0.2) is 9.78 Å². The van der Waals surface area contributed by atoms with Crippen molar-refractivity contribution in [3.05, 3.63) is 63.3 Å². The molecule has 0 bridgehead atoms. The normalized spacial score (nSPS) is 12.4. The van der Waals surface area contributed by atoms with E-state index in [1.54, 1.807) is 18.2 Å². The first kappa shape index (κ1) is 13.4. The molecule has 4 nitrogen and oxygen atoms in total. The quantitative estimate of drug-likeness (QED) is 0.915. The van der Waals surface area contributed by atoms with Gasteiger partial charge in [-0.05, 0) is 37.6 Å². The lowest BCUT2D eigenvalue weighted by molar-refractivity contribution is 0.591. The van der Waals surface area contributed by atoms with E-state index in [4.69, 9.17) is 5.73 Å². The molecule has 0 amide bonds. The molecule has 0 saturated heterocycles. The summed E-state index contributed by atoms with van der Waals surface area (Å²) in [5.41, 5.74) is 7.80. The van der Waals surface area contributed by atoms with Crippen molar-refractivity contribution in [3.8, 4) is 0 Å². The summed E-state index contributed by atoms with van der Waals surface area (Å²) in [4.78, 5) is 12.2. The van der Waals surface area contributed by atoms with E-state index < -0.39 is 6.04 Å². The van der Waals surface area contributed by atoms with E-state index in [0.717, 1.165) is 5.69 Å². The molecular weight excluding hydrogens is 245 g/mol. The first-order chi connectivity index (χ1) is 9.02. The molecule has 5 heteroatoms. The Balaban J connectivity index is 2.49. The minimum atomic E-state index is -0.576. The van der Waals surface area contributed by atoms with Crippen molar-refractivity contribution in [2.24, 2.45) is 5.73 Å². The Morgan fingerprint density at radius 1 is 1.37 bits per heavy atom. The zero-order valence-electron chi connectivity index (χ0n) is 10.9. The van der Waals surface area contributed by atoms with Crippen molar-refractivity contribution >= 4 is 0 Å². The van der Waals surface area contributed by atoms with E-state index in [9.17, 15) is 9.18 Å². The summed E-state index contributed by atoms with van der Waals surface area (Å²) in [7, 11) is 0. The Labute approximate surface area is 110 Å². The predicted molar refractivity (Wildman–Crippen MR) is 71.3 cm³/mol. The van der Waals surface area contributed by atoms with Crippen LogP contribution in [0.15, 0.2) is 35.1 Å². The maximum absolute atomic E-state index is 12.9. The largest absolute Gasteiger partial charge is 0.320 e. The lowest BCUT2D eigenvalue weighted by Gasteiger charge is -2.14. The molecule has 0 aliphatic carbocycles. The summed E-state index contributed by atoms with van der Waals surface area (Å²) in [6, 6.07) is 6.95. The van der Waals surface area contributed by atoms with Gasteiger partial charge in [-0.1, -0.05) is 12.1 Å². The summed E-state index contributed by atoms with van der Waals surface area (Å²) >= 11 is 0. The maximum Gasteiger partial charge on any atom is 0.271 e. The van der Waals surface area contributed by atoms with Gasteiger partial charge in [0.05, 0.1) is 11.7 Å². The van der Waals surface area contributed by atoms with Gasteiger partial charge in [0.1, 0.15) is 5.82 Å². The number of hydrogen-bond donors (Lipinski definition) is 1.